The highest BCUT2D eigenvalue weighted by molar-refractivity contribution is 7.71. The minimum atomic E-state index is -0.413. The van der Waals surface area contributed by atoms with E-state index in [0.29, 0.717) is 23.7 Å². The zero-order valence-electron chi connectivity index (χ0n) is 17.4. The molecular weight excluding hydrogens is 416 g/mol. The van der Waals surface area contributed by atoms with Crippen molar-refractivity contribution in [3.63, 3.8) is 0 Å². The fourth-order valence-corrected chi connectivity index (χ4v) is 4.96. The van der Waals surface area contributed by atoms with E-state index in [0.717, 1.165) is 34.6 Å². The van der Waals surface area contributed by atoms with Crippen molar-refractivity contribution >= 4 is 29.5 Å². The molecular formula is C22H26N4O2S2. The summed E-state index contributed by atoms with van der Waals surface area (Å²) in [5.74, 6) is 1.75. The molecule has 2 aromatic heterocycles. The van der Waals surface area contributed by atoms with Gasteiger partial charge in [0.05, 0.1) is 4.88 Å². The number of H-pyrrole nitrogens is 1. The standard InChI is InChI=1S/C22H26N4O2S2/c1-14-6-4-7-15(2)19(14)28-17-9-11-25(12-10-17)21(27)16(3)26-20(23-24-22(26)29)18-8-5-13-30-18/h4-8,13,16-17H,9-12H2,1-3H3,(H,24,29). The number of carbonyl (C=O) groups excluding carboxylic acids is 1. The molecule has 0 saturated carbocycles. The van der Waals surface area contributed by atoms with E-state index in [4.69, 9.17) is 17.0 Å². The first-order chi connectivity index (χ1) is 14.5. The number of nitrogens with one attached hydrogen (secondary N) is 1. The number of piperidine rings is 1. The summed E-state index contributed by atoms with van der Waals surface area (Å²) in [6.45, 7) is 7.39. The third-order valence-corrected chi connectivity index (χ3v) is 6.79. The lowest BCUT2D eigenvalue weighted by Gasteiger charge is -2.34. The molecule has 0 spiro atoms. The number of aryl methyl sites for hydroxylation is 2. The quantitative estimate of drug-likeness (QED) is 0.570. The Morgan fingerprint density at radius 3 is 2.57 bits per heavy atom. The Balaban J connectivity index is 1.43. The van der Waals surface area contributed by atoms with Gasteiger partial charge in [-0.2, -0.15) is 5.10 Å². The number of ether oxygens (including phenoxy) is 1. The van der Waals surface area contributed by atoms with Crippen molar-refractivity contribution in [2.24, 2.45) is 0 Å². The highest BCUT2D eigenvalue weighted by Crippen LogP contribution is 2.29. The molecule has 0 bridgehead atoms. The summed E-state index contributed by atoms with van der Waals surface area (Å²) in [6, 6.07) is 9.73. The molecule has 158 valence electrons. The SMILES string of the molecule is Cc1cccc(C)c1OC1CCN(C(=O)C(C)n2c(-c3cccs3)n[nH]c2=S)CC1. The van der Waals surface area contributed by atoms with Crippen LogP contribution in [0.15, 0.2) is 35.7 Å². The van der Waals surface area contributed by atoms with Crippen LogP contribution >= 0.6 is 23.6 Å². The maximum Gasteiger partial charge on any atom is 0.245 e. The van der Waals surface area contributed by atoms with Gasteiger partial charge < -0.3 is 9.64 Å². The van der Waals surface area contributed by atoms with Crippen LogP contribution in [-0.2, 0) is 4.79 Å². The van der Waals surface area contributed by atoms with Gasteiger partial charge in [0, 0.05) is 25.9 Å². The molecule has 1 N–H and O–H groups in total. The Morgan fingerprint density at radius 2 is 1.93 bits per heavy atom. The fourth-order valence-electron chi connectivity index (χ4n) is 3.96. The Kier molecular flexibility index (Phi) is 6.06. The number of hydrogen-bond acceptors (Lipinski definition) is 5. The van der Waals surface area contributed by atoms with Gasteiger partial charge in [0.2, 0.25) is 5.91 Å². The molecule has 0 radical (unpaired) electrons. The summed E-state index contributed by atoms with van der Waals surface area (Å²) < 4.78 is 8.58. The average Bonchev–Trinajstić information content (AvgIpc) is 3.40. The van der Waals surface area contributed by atoms with Crippen molar-refractivity contribution in [1.82, 2.24) is 19.7 Å². The highest BCUT2D eigenvalue weighted by atomic mass is 32.1. The van der Waals surface area contributed by atoms with E-state index < -0.39 is 6.04 Å². The summed E-state index contributed by atoms with van der Waals surface area (Å²) >= 11 is 7.00. The minimum absolute atomic E-state index is 0.0656. The summed E-state index contributed by atoms with van der Waals surface area (Å²) in [7, 11) is 0. The molecule has 6 nitrogen and oxygen atoms in total. The number of para-hydroxylation sites is 1. The Labute approximate surface area is 185 Å². The molecule has 1 aliphatic heterocycles. The summed E-state index contributed by atoms with van der Waals surface area (Å²) in [5, 5.41) is 9.18. The van der Waals surface area contributed by atoms with E-state index in [-0.39, 0.29) is 12.0 Å². The van der Waals surface area contributed by atoms with Gasteiger partial charge in [-0.15, -0.1) is 11.3 Å². The molecule has 1 saturated heterocycles. The maximum atomic E-state index is 13.2. The number of aromatic amines is 1. The summed E-state index contributed by atoms with van der Waals surface area (Å²) in [6.07, 6.45) is 1.77. The lowest BCUT2D eigenvalue weighted by atomic mass is 10.1. The number of hydrogen-bond donors (Lipinski definition) is 1. The number of rotatable bonds is 5. The first-order valence-corrected chi connectivity index (χ1v) is 11.5. The first kappa shape index (κ1) is 20.8. The van der Waals surface area contributed by atoms with Crippen molar-refractivity contribution in [2.75, 3.05) is 13.1 Å². The fraction of sp³-hybridized carbons (Fsp3) is 0.409. The van der Waals surface area contributed by atoms with Crippen LogP contribution in [0.5, 0.6) is 5.75 Å². The molecule has 1 fully saturated rings. The Hall–Kier alpha value is -2.45. The van der Waals surface area contributed by atoms with Crippen molar-refractivity contribution in [3.05, 3.63) is 51.6 Å². The van der Waals surface area contributed by atoms with Crippen LogP contribution in [0.3, 0.4) is 0 Å². The molecule has 1 atom stereocenters. The van der Waals surface area contributed by atoms with Gasteiger partial charge >= 0.3 is 0 Å². The second kappa shape index (κ2) is 8.73. The summed E-state index contributed by atoms with van der Waals surface area (Å²) in [5.41, 5.74) is 2.30. The van der Waals surface area contributed by atoms with E-state index in [9.17, 15) is 4.79 Å². The van der Waals surface area contributed by atoms with E-state index in [1.807, 2.05) is 40.0 Å². The number of thiophene rings is 1. The second-order valence-corrected chi connectivity index (χ2v) is 9.07. The number of benzene rings is 1. The largest absolute Gasteiger partial charge is 0.490 e. The van der Waals surface area contributed by atoms with Gasteiger partial charge in [0.25, 0.3) is 0 Å². The van der Waals surface area contributed by atoms with Crippen LogP contribution in [0, 0.1) is 18.6 Å². The van der Waals surface area contributed by atoms with E-state index in [2.05, 4.69) is 36.2 Å². The smallest absolute Gasteiger partial charge is 0.245 e. The zero-order chi connectivity index (χ0) is 21.3. The van der Waals surface area contributed by atoms with Crippen LogP contribution in [0.25, 0.3) is 10.7 Å². The first-order valence-electron chi connectivity index (χ1n) is 10.2. The third-order valence-electron chi connectivity index (χ3n) is 5.64. The van der Waals surface area contributed by atoms with Crippen molar-refractivity contribution in [3.8, 4) is 16.5 Å². The molecule has 1 aliphatic rings. The van der Waals surface area contributed by atoms with E-state index in [1.54, 1.807) is 11.3 Å². The van der Waals surface area contributed by atoms with Gasteiger partial charge in [0.1, 0.15) is 17.9 Å². The molecule has 4 rings (SSSR count). The molecule has 3 aromatic rings. The van der Waals surface area contributed by atoms with Gasteiger partial charge in [-0.05, 0) is 55.6 Å². The number of likely N-dealkylation sites (tertiary alicyclic amines) is 1. The minimum Gasteiger partial charge on any atom is -0.490 e. The monoisotopic (exact) mass is 442 g/mol. The predicted molar refractivity (Wildman–Crippen MR) is 122 cm³/mol. The van der Waals surface area contributed by atoms with Crippen LogP contribution in [-0.4, -0.2) is 44.8 Å². The third kappa shape index (κ3) is 4.06. The predicted octanol–water partition coefficient (Wildman–Crippen LogP) is 4.92. The molecule has 3 heterocycles. The molecule has 1 aromatic carbocycles. The average molecular weight is 443 g/mol. The van der Waals surface area contributed by atoms with Gasteiger partial charge in [-0.1, -0.05) is 24.3 Å². The van der Waals surface area contributed by atoms with Crippen LogP contribution < -0.4 is 4.74 Å². The van der Waals surface area contributed by atoms with Crippen LogP contribution in [0.4, 0.5) is 0 Å². The topological polar surface area (TPSA) is 63.1 Å². The lowest BCUT2D eigenvalue weighted by molar-refractivity contribution is -0.136. The van der Waals surface area contributed by atoms with Crippen LogP contribution in [0.2, 0.25) is 0 Å². The van der Waals surface area contributed by atoms with Crippen molar-refractivity contribution in [1.29, 1.82) is 0 Å². The zero-order valence-corrected chi connectivity index (χ0v) is 19.1. The molecule has 1 unspecified atom stereocenters. The Bertz CT molecular complexity index is 1060. The van der Waals surface area contributed by atoms with Gasteiger partial charge in [-0.3, -0.25) is 14.5 Å². The second-order valence-electron chi connectivity index (χ2n) is 7.74. The Morgan fingerprint density at radius 1 is 1.23 bits per heavy atom. The highest BCUT2D eigenvalue weighted by Gasteiger charge is 2.30. The number of carbonyl (C=O) groups is 1. The van der Waals surface area contributed by atoms with E-state index >= 15 is 0 Å². The van der Waals surface area contributed by atoms with E-state index in [1.165, 1.54) is 0 Å². The maximum absolute atomic E-state index is 13.2. The van der Waals surface area contributed by atoms with Crippen molar-refractivity contribution in [2.45, 2.75) is 45.8 Å². The normalized spacial score (nSPS) is 15.9. The molecule has 1 amide bonds. The molecule has 8 heteroatoms. The van der Waals surface area contributed by atoms with Gasteiger partial charge in [0.15, 0.2) is 10.6 Å². The van der Waals surface area contributed by atoms with Crippen molar-refractivity contribution < 1.29 is 9.53 Å². The lowest BCUT2D eigenvalue weighted by Crippen LogP contribution is -2.44. The number of amides is 1. The van der Waals surface area contributed by atoms with Gasteiger partial charge in [-0.25, -0.2) is 0 Å². The number of aromatic nitrogens is 3. The number of nitrogens with zero attached hydrogens (tertiary/aromatic N) is 3. The molecule has 30 heavy (non-hydrogen) atoms. The summed E-state index contributed by atoms with van der Waals surface area (Å²) in [4.78, 5) is 16.1. The van der Waals surface area contributed by atoms with Crippen LogP contribution in [0.1, 0.15) is 36.9 Å². The molecule has 0 aliphatic carbocycles.